The molecule has 1 aliphatic rings. The Morgan fingerprint density at radius 2 is 1.42 bits per heavy atom. The summed E-state index contributed by atoms with van der Waals surface area (Å²) in [4.78, 5) is 9.37. The summed E-state index contributed by atoms with van der Waals surface area (Å²) in [7, 11) is 0. The largest absolute Gasteiger partial charge is 0.494 e. The van der Waals surface area contributed by atoms with Crippen LogP contribution in [0.1, 0.15) is 109 Å². The number of ether oxygens (including phenoxy) is 1. The molecule has 1 heterocycles. The maximum atomic E-state index is 5.87. The van der Waals surface area contributed by atoms with Gasteiger partial charge in [-0.15, -0.1) is 0 Å². The molecule has 0 amide bonds. The summed E-state index contributed by atoms with van der Waals surface area (Å²) in [5, 5.41) is 0. The highest BCUT2D eigenvalue weighted by Gasteiger charge is 2.22. The summed E-state index contributed by atoms with van der Waals surface area (Å²) in [6.45, 7) is 5.34. The van der Waals surface area contributed by atoms with Crippen LogP contribution in [0, 0.1) is 5.92 Å². The van der Waals surface area contributed by atoms with Crippen LogP contribution in [-0.2, 0) is 0 Å². The molecular weight excluding hydrogens is 380 g/mol. The van der Waals surface area contributed by atoms with Gasteiger partial charge in [0.05, 0.1) is 6.61 Å². The quantitative estimate of drug-likeness (QED) is 0.304. The molecule has 1 aromatic heterocycles. The lowest BCUT2D eigenvalue weighted by Crippen LogP contribution is -2.14. The lowest BCUT2D eigenvalue weighted by atomic mass is 9.77. The molecule has 0 atom stereocenters. The van der Waals surface area contributed by atoms with Gasteiger partial charge in [-0.2, -0.15) is 0 Å². The maximum Gasteiger partial charge on any atom is 0.159 e. The van der Waals surface area contributed by atoms with Gasteiger partial charge < -0.3 is 4.74 Å². The van der Waals surface area contributed by atoms with Crippen molar-refractivity contribution in [2.45, 2.75) is 103 Å². The van der Waals surface area contributed by atoms with Crippen molar-refractivity contribution in [1.82, 2.24) is 9.97 Å². The second-order valence-electron chi connectivity index (χ2n) is 9.34. The highest BCUT2D eigenvalue weighted by Crippen LogP contribution is 2.37. The van der Waals surface area contributed by atoms with Crippen LogP contribution >= 0.6 is 0 Å². The number of unbranched alkanes of at least 4 members (excludes halogenated alkanes) is 6. The Morgan fingerprint density at radius 3 is 2.10 bits per heavy atom. The summed E-state index contributed by atoms with van der Waals surface area (Å²) < 4.78 is 5.87. The van der Waals surface area contributed by atoms with E-state index in [9.17, 15) is 0 Å². The van der Waals surface area contributed by atoms with Crippen molar-refractivity contribution >= 4 is 0 Å². The van der Waals surface area contributed by atoms with Gasteiger partial charge >= 0.3 is 0 Å². The average molecular weight is 423 g/mol. The summed E-state index contributed by atoms with van der Waals surface area (Å²) in [6.07, 6.45) is 21.3. The fourth-order valence-electron chi connectivity index (χ4n) is 4.76. The molecule has 0 unspecified atom stereocenters. The fraction of sp³-hybridized carbons (Fsp3) is 0.643. The second kappa shape index (κ2) is 13.5. The predicted molar refractivity (Wildman–Crippen MR) is 131 cm³/mol. The topological polar surface area (TPSA) is 35.0 Å². The molecule has 1 aromatic carbocycles. The van der Waals surface area contributed by atoms with Gasteiger partial charge in [0.2, 0.25) is 0 Å². The van der Waals surface area contributed by atoms with Crippen molar-refractivity contribution in [2.24, 2.45) is 5.92 Å². The van der Waals surface area contributed by atoms with Crippen molar-refractivity contribution in [3.63, 3.8) is 0 Å². The maximum absolute atomic E-state index is 5.87. The van der Waals surface area contributed by atoms with E-state index in [4.69, 9.17) is 4.74 Å². The fourth-order valence-corrected chi connectivity index (χ4v) is 4.76. The van der Waals surface area contributed by atoms with Gasteiger partial charge in [0.25, 0.3) is 0 Å². The predicted octanol–water partition coefficient (Wildman–Crippen LogP) is 8.35. The zero-order chi connectivity index (χ0) is 21.7. The molecular formula is C28H42N2O. The van der Waals surface area contributed by atoms with Gasteiger partial charge in [-0.25, -0.2) is 9.97 Å². The molecule has 0 saturated heterocycles. The Balaban J connectivity index is 1.43. The minimum absolute atomic E-state index is 0.643. The standard InChI is InChI=1S/C28H42N2O/c1-3-5-7-8-10-20-31-27-18-16-25(17-19-27)28-29-21-26(22-30-28)24-14-12-23(13-15-24)11-9-6-4-2/h16-19,21-24H,3-15,20H2,1-2H3. The van der Waals surface area contributed by atoms with Crippen LogP contribution in [0.4, 0.5) is 0 Å². The van der Waals surface area contributed by atoms with Gasteiger partial charge in [-0.05, 0) is 73.8 Å². The van der Waals surface area contributed by atoms with Crippen LogP contribution in [0.15, 0.2) is 36.7 Å². The number of hydrogen-bond donors (Lipinski definition) is 0. The van der Waals surface area contributed by atoms with E-state index in [0.717, 1.165) is 36.1 Å². The molecule has 0 N–H and O–H groups in total. The van der Waals surface area contributed by atoms with Gasteiger partial charge in [-0.3, -0.25) is 0 Å². The summed E-state index contributed by atoms with van der Waals surface area (Å²) in [6, 6.07) is 8.22. The molecule has 1 aliphatic carbocycles. The molecule has 0 spiro atoms. The van der Waals surface area contributed by atoms with Crippen molar-refractivity contribution < 1.29 is 4.74 Å². The zero-order valence-electron chi connectivity index (χ0n) is 19.8. The first-order valence-electron chi connectivity index (χ1n) is 12.8. The van der Waals surface area contributed by atoms with Crippen LogP contribution in [0.2, 0.25) is 0 Å². The van der Waals surface area contributed by atoms with Gasteiger partial charge in [0.15, 0.2) is 5.82 Å². The Hall–Kier alpha value is -1.90. The Kier molecular flexibility index (Phi) is 10.3. The third-order valence-corrected chi connectivity index (χ3v) is 6.84. The zero-order valence-corrected chi connectivity index (χ0v) is 19.8. The van der Waals surface area contributed by atoms with Gasteiger partial charge in [0, 0.05) is 18.0 Å². The van der Waals surface area contributed by atoms with Crippen LogP contribution in [0.5, 0.6) is 5.75 Å². The molecule has 3 nitrogen and oxygen atoms in total. The Bertz CT molecular complexity index is 718. The Labute approximate surface area is 190 Å². The first-order valence-corrected chi connectivity index (χ1v) is 12.8. The molecule has 170 valence electrons. The minimum Gasteiger partial charge on any atom is -0.494 e. The van der Waals surface area contributed by atoms with E-state index in [2.05, 4.69) is 48.3 Å². The van der Waals surface area contributed by atoms with Crippen molar-refractivity contribution in [2.75, 3.05) is 6.61 Å². The van der Waals surface area contributed by atoms with Crippen LogP contribution < -0.4 is 4.74 Å². The molecule has 3 rings (SSSR count). The van der Waals surface area contributed by atoms with E-state index in [0.29, 0.717) is 5.92 Å². The van der Waals surface area contributed by atoms with Gasteiger partial charge in [-0.1, -0.05) is 65.2 Å². The third kappa shape index (κ3) is 7.94. The first kappa shape index (κ1) is 23.8. The number of benzene rings is 1. The Morgan fingerprint density at radius 1 is 0.774 bits per heavy atom. The summed E-state index contributed by atoms with van der Waals surface area (Å²) >= 11 is 0. The molecule has 2 aromatic rings. The number of aromatic nitrogens is 2. The lowest BCUT2D eigenvalue weighted by Gasteiger charge is -2.28. The van der Waals surface area contributed by atoms with Crippen LogP contribution in [-0.4, -0.2) is 16.6 Å². The number of hydrogen-bond acceptors (Lipinski definition) is 3. The van der Waals surface area contributed by atoms with E-state index < -0.39 is 0 Å². The van der Waals surface area contributed by atoms with E-state index in [-0.39, 0.29) is 0 Å². The smallest absolute Gasteiger partial charge is 0.159 e. The van der Waals surface area contributed by atoms with Crippen molar-refractivity contribution in [1.29, 1.82) is 0 Å². The molecule has 0 aliphatic heterocycles. The molecule has 1 fully saturated rings. The van der Waals surface area contributed by atoms with Crippen molar-refractivity contribution in [3.8, 4) is 17.1 Å². The van der Waals surface area contributed by atoms with E-state index in [1.165, 1.54) is 82.6 Å². The summed E-state index contributed by atoms with van der Waals surface area (Å²) in [5.41, 5.74) is 2.38. The second-order valence-corrected chi connectivity index (χ2v) is 9.34. The molecule has 1 saturated carbocycles. The van der Waals surface area contributed by atoms with Crippen LogP contribution in [0.25, 0.3) is 11.4 Å². The molecule has 31 heavy (non-hydrogen) atoms. The average Bonchev–Trinajstić information content (AvgIpc) is 2.82. The number of rotatable bonds is 13. The highest BCUT2D eigenvalue weighted by molar-refractivity contribution is 5.56. The van der Waals surface area contributed by atoms with E-state index in [1.807, 2.05) is 12.1 Å². The van der Waals surface area contributed by atoms with E-state index >= 15 is 0 Å². The minimum atomic E-state index is 0.643. The lowest BCUT2D eigenvalue weighted by molar-refractivity contribution is 0.302. The SMILES string of the molecule is CCCCCCCOc1ccc(-c2ncc(C3CCC(CCCCC)CC3)cn2)cc1. The number of nitrogens with zero attached hydrogens (tertiary/aromatic N) is 2. The van der Waals surface area contributed by atoms with Crippen LogP contribution in [0.3, 0.4) is 0 Å². The normalized spacial score (nSPS) is 18.8. The summed E-state index contributed by atoms with van der Waals surface area (Å²) in [5.74, 6) is 3.33. The molecule has 3 heteroatoms. The molecule has 0 radical (unpaired) electrons. The monoisotopic (exact) mass is 422 g/mol. The molecule has 0 bridgehead atoms. The highest BCUT2D eigenvalue weighted by atomic mass is 16.5. The van der Waals surface area contributed by atoms with E-state index in [1.54, 1.807) is 0 Å². The van der Waals surface area contributed by atoms with Gasteiger partial charge in [0.1, 0.15) is 5.75 Å². The van der Waals surface area contributed by atoms with Crippen molar-refractivity contribution in [3.05, 3.63) is 42.2 Å². The first-order chi connectivity index (χ1) is 15.3. The third-order valence-electron chi connectivity index (χ3n) is 6.84.